The van der Waals surface area contributed by atoms with Crippen LogP contribution in [-0.2, 0) is 38.3 Å². The lowest BCUT2D eigenvalue weighted by Gasteiger charge is -2.31. The molecule has 2 N–H and O–H groups in total. The Labute approximate surface area is 275 Å². The molecule has 6 heteroatoms. The van der Waals surface area contributed by atoms with E-state index >= 15 is 0 Å². The van der Waals surface area contributed by atoms with E-state index in [4.69, 9.17) is 19.7 Å². The van der Waals surface area contributed by atoms with Crippen LogP contribution >= 0.6 is 0 Å². The van der Waals surface area contributed by atoms with Crippen LogP contribution in [0.5, 0.6) is 0 Å². The number of benzene rings is 2. The Hall–Kier alpha value is -3.22. The van der Waals surface area contributed by atoms with Crippen molar-refractivity contribution in [2.45, 2.75) is 102 Å². The molecule has 2 aromatic rings. The lowest BCUT2D eigenvalue weighted by molar-refractivity contribution is -0.144. The fourth-order valence-electron chi connectivity index (χ4n) is 7.04. The van der Waals surface area contributed by atoms with E-state index in [0.29, 0.717) is 17.8 Å². The van der Waals surface area contributed by atoms with Crippen LogP contribution in [0, 0.1) is 11.8 Å². The van der Waals surface area contributed by atoms with Crippen LogP contribution < -0.4 is 0 Å². The summed E-state index contributed by atoms with van der Waals surface area (Å²) in [6.45, 7) is 8.51. The molecule has 0 aliphatic heterocycles. The molecule has 0 bridgehead atoms. The van der Waals surface area contributed by atoms with Gasteiger partial charge in [-0.15, -0.1) is 0 Å². The van der Waals surface area contributed by atoms with E-state index in [1.165, 1.54) is 59.9 Å². The first-order chi connectivity index (χ1) is 22.3. The van der Waals surface area contributed by atoms with E-state index in [0.717, 1.165) is 51.4 Å². The third-order valence-corrected chi connectivity index (χ3v) is 10.1. The van der Waals surface area contributed by atoms with Gasteiger partial charge < -0.3 is 19.7 Å². The van der Waals surface area contributed by atoms with Crippen LogP contribution in [-0.4, -0.2) is 48.6 Å². The Morgan fingerprint density at radius 2 is 1.43 bits per heavy atom. The van der Waals surface area contributed by atoms with Gasteiger partial charge in [0, 0.05) is 5.92 Å². The van der Waals surface area contributed by atoms with Crippen molar-refractivity contribution in [2.24, 2.45) is 11.8 Å². The van der Waals surface area contributed by atoms with Crippen molar-refractivity contribution in [2.75, 3.05) is 26.4 Å². The van der Waals surface area contributed by atoms with E-state index < -0.39 is 25.2 Å². The van der Waals surface area contributed by atoms with Crippen LogP contribution in [0.2, 0.25) is 0 Å². The Morgan fingerprint density at radius 1 is 0.804 bits per heavy atom. The lowest BCUT2D eigenvalue weighted by Crippen LogP contribution is -2.24. The number of rotatable bonds is 17. The zero-order chi connectivity index (χ0) is 32.9. The fraction of sp³-hybridized carbons (Fsp3) is 0.550. The Morgan fingerprint density at radius 3 is 2.04 bits per heavy atom. The molecular weight excluding hydrogens is 576 g/mol. The average Bonchev–Trinajstić information content (AvgIpc) is 3.10. The smallest absolute Gasteiger partial charge is 0.335 e. The first-order valence-electron chi connectivity index (χ1n) is 17.4. The van der Waals surface area contributed by atoms with Gasteiger partial charge in [0.05, 0.1) is 37.6 Å². The maximum Gasteiger partial charge on any atom is 0.335 e. The van der Waals surface area contributed by atoms with Crippen LogP contribution in [0.1, 0.15) is 111 Å². The summed E-state index contributed by atoms with van der Waals surface area (Å²) in [6, 6.07) is 16.7. The topological polar surface area (TPSA) is 93.1 Å². The van der Waals surface area contributed by atoms with Crippen LogP contribution in [0.4, 0.5) is 0 Å². The van der Waals surface area contributed by atoms with Gasteiger partial charge in [0.15, 0.2) is 0 Å². The van der Waals surface area contributed by atoms with Crippen molar-refractivity contribution in [3.05, 3.63) is 94.6 Å². The van der Waals surface area contributed by atoms with E-state index in [-0.39, 0.29) is 30.3 Å². The Bertz CT molecular complexity index is 1270. The molecule has 0 saturated heterocycles. The zero-order valence-corrected chi connectivity index (χ0v) is 27.8. The fourth-order valence-corrected chi connectivity index (χ4v) is 7.04. The van der Waals surface area contributed by atoms with Gasteiger partial charge in [-0.3, -0.25) is 0 Å². The highest BCUT2D eigenvalue weighted by Gasteiger charge is 2.26. The predicted molar refractivity (Wildman–Crippen MR) is 183 cm³/mol. The number of ether oxygens (including phenoxy) is 2. The largest absolute Gasteiger partial charge is 0.462 e. The monoisotopic (exact) mass is 630 g/mol. The molecular formula is C40H54O6. The molecule has 2 aromatic carbocycles. The second-order valence-electron chi connectivity index (χ2n) is 13.5. The first kappa shape index (κ1) is 35.6. The molecule has 4 rings (SSSR count). The summed E-state index contributed by atoms with van der Waals surface area (Å²) >= 11 is 0. The number of hydrogen-bond donors (Lipinski definition) is 2. The molecule has 250 valence electrons. The molecule has 2 aliphatic carbocycles. The minimum absolute atomic E-state index is 0.00693. The van der Waals surface area contributed by atoms with Crippen molar-refractivity contribution >= 4 is 11.9 Å². The molecule has 46 heavy (non-hydrogen) atoms. The van der Waals surface area contributed by atoms with Crippen molar-refractivity contribution < 1.29 is 29.3 Å². The summed E-state index contributed by atoms with van der Waals surface area (Å²) in [7, 11) is 0. The van der Waals surface area contributed by atoms with Gasteiger partial charge >= 0.3 is 11.9 Å². The van der Waals surface area contributed by atoms with Gasteiger partial charge in [-0.1, -0.05) is 75.4 Å². The minimum Gasteiger partial charge on any atom is -0.462 e. The molecule has 0 amide bonds. The highest BCUT2D eigenvalue weighted by molar-refractivity contribution is 5.88. The maximum atomic E-state index is 12.0. The summed E-state index contributed by atoms with van der Waals surface area (Å²) in [4.78, 5) is 24.1. The summed E-state index contributed by atoms with van der Waals surface area (Å²) in [5.74, 6) is 0.291. The molecule has 0 heterocycles. The standard InChI is InChI=1S/C40H54O6/c1-4-5-6-7-30-10-14-33(15-11-30)35-18-20-38-23-36(19-21-37(38)22-35)34-16-12-31(13-17-34)8-9-32(26-45-39(43)28(2)24-41)27-46-40(44)29(3)25-42/h10-11,14-15,19,21,23,31-32,34-35,41-42H,2-9,12-13,16-18,20,22,24-27H2,1H3. The van der Waals surface area contributed by atoms with Crippen LogP contribution in [0.15, 0.2) is 66.8 Å². The summed E-state index contributed by atoms with van der Waals surface area (Å²) < 4.78 is 10.7. The number of hydrogen-bond acceptors (Lipinski definition) is 6. The van der Waals surface area contributed by atoms with Gasteiger partial charge in [-0.05, 0) is 116 Å². The number of unbranched alkanes of at least 4 members (excludes halogenated alkanes) is 2. The number of esters is 2. The third-order valence-electron chi connectivity index (χ3n) is 10.1. The van der Waals surface area contributed by atoms with Gasteiger partial charge in [0.1, 0.15) is 0 Å². The highest BCUT2D eigenvalue weighted by atomic mass is 16.5. The van der Waals surface area contributed by atoms with Crippen molar-refractivity contribution in [1.82, 2.24) is 0 Å². The Balaban J connectivity index is 1.25. The van der Waals surface area contributed by atoms with Gasteiger partial charge in [-0.2, -0.15) is 0 Å². The average molecular weight is 631 g/mol. The number of fused-ring (bicyclic) bond motifs is 1. The predicted octanol–water partition coefficient (Wildman–Crippen LogP) is 7.55. The Kier molecular flexibility index (Phi) is 14.1. The number of aliphatic hydroxyl groups is 2. The van der Waals surface area contributed by atoms with E-state index in [1.54, 1.807) is 0 Å². The molecule has 0 aromatic heterocycles. The summed E-state index contributed by atoms with van der Waals surface area (Å²) in [5.41, 5.74) is 7.46. The van der Waals surface area contributed by atoms with E-state index in [2.05, 4.69) is 62.5 Å². The van der Waals surface area contributed by atoms with Gasteiger partial charge in [0.25, 0.3) is 0 Å². The highest BCUT2D eigenvalue weighted by Crippen LogP contribution is 2.40. The minimum atomic E-state index is -0.647. The van der Waals surface area contributed by atoms with Crippen LogP contribution in [0.25, 0.3) is 0 Å². The van der Waals surface area contributed by atoms with Crippen LogP contribution in [0.3, 0.4) is 0 Å². The normalized spacial score (nSPS) is 19.3. The molecule has 0 spiro atoms. The quantitative estimate of drug-likeness (QED) is 0.107. The van der Waals surface area contributed by atoms with Gasteiger partial charge in [0.2, 0.25) is 0 Å². The second kappa shape index (κ2) is 18.2. The number of aliphatic hydroxyl groups excluding tert-OH is 2. The molecule has 6 nitrogen and oxygen atoms in total. The van der Waals surface area contributed by atoms with Crippen molar-refractivity contribution in [3.63, 3.8) is 0 Å². The second-order valence-corrected chi connectivity index (χ2v) is 13.5. The SMILES string of the molecule is C=C(CO)C(=O)OCC(CCC1CCC(c2ccc3c(c2)CCC(c2ccc(CCCCC)cc2)C3)CC1)COC(=O)C(=C)CO. The van der Waals surface area contributed by atoms with E-state index in [1.807, 2.05) is 0 Å². The number of carbonyl (C=O) groups excluding carboxylic acids is 2. The molecule has 2 aliphatic rings. The molecule has 1 atom stereocenters. The summed E-state index contributed by atoms with van der Waals surface area (Å²) in [5, 5.41) is 18.3. The van der Waals surface area contributed by atoms with E-state index in [9.17, 15) is 9.59 Å². The molecule has 1 fully saturated rings. The maximum absolute atomic E-state index is 12.0. The first-order valence-corrected chi connectivity index (χ1v) is 17.4. The summed E-state index contributed by atoms with van der Waals surface area (Å²) in [6.07, 6.45) is 14.9. The number of carbonyl (C=O) groups is 2. The van der Waals surface area contributed by atoms with Crippen molar-refractivity contribution in [3.8, 4) is 0 Å². The van der Waals surface area contributed by atoms with Gasteiger partial charge in [-0.25, -0.2) is 9.59 Å². The molecule has 1 unspecified atom stereocenters. The van der Waals surface area contributed by atoms with Crippen molar-refractivity contribution in [1.29, 1.82) is 0 Å². The number of aryl methyl sites for hydroxylation is 2. The lowest BCUT2D eigenvalue weighted by atomic mass is 9.74. The molecule has 0 radical (unpaired) electrons. The zero-order valence-electron chi connectivity index (χ0n) is 27.8. The third kappa shape index (κ3) is 10.4. The molecule has 1 saturated carbocycles.